The van der Waals surface area contributed by atoms with Gasteiger partial charge in [0.25, 0.3) is 0 Å². The van der Waals surface area contributed by atoms with Crippen LogP contribution in [0.15, 0.2) is 24.3 Å². The van der Waals surface area contributed by atoms with Gasteiger partial charge in [0.2, 0.25) is 0 Å². The molecule has 0 aliphatic rings. The molecule has 84 valence electrons. The van der Waals surface area contributed by atoms with E-state index in [0.717, 1.165) is 12.2 Å². The minimum Gasteiger partial charge on any atom is -0.497 e. The highest BCUT2D eigenvalue weighted by atomic mass is 16.5. The van der Waals surface area contributed by atoms with Crippen molar-refractivity contribution in [1.29, 1.82) is 0 Å². The van der Waals surface area contributed by atoms with E-state index in [0.29, 0.717) is 0 Å². The summed E-state index contributed by atoms with van der Waals surface area (Å²) in [6.45, 7) is 2.18. The topological polar surface area (TPSA) is 47.3 Å². The molecule has 0 aromatic heterocycles. The maximum Gasteiger partial charge on any atom is 0.119 e. The first-order valence-electron chi connectivity index (χ1n) is 5.42. The van der Waals surface area contributed by atoms with Crippen molar-refractivity contribution in [1.82, 2.24) is 5.43 Å². The highest BCUT2D eigenvalue weighted by Crippen LogP contribution is 2.22. The molecule has 3 nitrogen and oxygen atoms in total. The van der Waals surface area contributed by atoms with Gasteiger partial charge >= 0.3 is 0 Å². The van der Waals surface area contributed by atoms with Crippen LogP contribution >= 0.6 is 0 Å². The van der Waals surface area contributed by atoms with Crippen LogP contribution in [0.3, 0.4) is 0 Å². The van der Waals surface area contributed by atoms with Gasteiger partial charge < -0.3 is 4.74 Å². The molecule has 1 unspecified atom stereocenters. The molecule has 0 aliphatic heterocycles. The molecule has 0 aliphatic carbocycles. The molecular weight excluding hydrogens is 188 g/mol. The van der Waals surface area contributed by atoms with Crippen LogP contribution in [0.5, 0.6) is 5.75 Å². The Morgan fingerprint density at radius 2 is 2.27 bits per heavy atom. The maximum absolute atomic E-state index is 5.55. The van der Waals surface area contributed by atoms with Crippen molar-refractivity contribution in [2.45, 2.75) is 32.2 Å². The molecule has 3 heteroatoms. The molecule has 15 heavy (non-hydrogen) atoms. The molecule has 0 bridgehead atoms. The second kappa shape index (κ2) is 6.43. The molecule has 0 spiro atoms. The SMILES string of the molecule is CCCCC(NN)c1cccc(OC)c1. The number of nitrogens with two attached hydrogens (primary N) is 1. The predicted octanol–water partition coefficient (Wildman–Crippen LogP) is 2.39. The molecule has 0 fully saturated rings. The number of hydrazine groups is 1. The van der Waals surface area contributed by atoms with Gasteiger partial charge in [-0.15, -0.1) is 0 Å². The van der Waals surface area contributed by atoms with Crippen LogP contribution in [0.2, 0.25) is 0 Å². The number of unbranched alkanes of at least 4 members (excludes halogenated alkanes) is 1. The number of hydrogen-bond donors (Lipinski definition) is 2. The van der Waals surface area contributed by atoms with Gasteiger partial charge in [0.15, 0.2) is 0 Å². The van der Waals surface area contributed by atoms with Gasteiger partial charge in [-0.3, -0.25) is 11.3 Å². The van der Waals surface area contributed by atoms with E-state index in [4.69, 9.17) is 10.6 Å². The largest absolute Gasteiger partial charge is 0.497 e. The van der Waals surface area contributed by atoms with Crippen LogP contribution in [-0.2, 0) is 0 Å². The Balaban J connectivity index is 2.72. The van der Waals surface area contributed by atoms with E-state index in [-0.39, 0.29) is 6.04 Å². The monoisotopic (exact) mass is 208 g/mol. The van der Waals surface area contributed by atoms with Gasteiger partial charge in [0.05, 0.1) is 7.11 Å². The Labute approximate surface area is 91.6 Å². The standard InChI is InChI=1S/C12H20N2O/c1-3-4-8-12(14-13)10-6-5-7-11(9-10)15-2/h5-7,9,12,14H,3-4,8,13H2,1-2H3. The van der Waals surface area contributed by atoms with E-state index >= 15 is 0 Å². The fourth-order valence-electron chi connectivity index (χ4n) is 1.61. The first kappa shape index (κ1) is 12.0. The quantitative estimate of drug-likeness (QED) is 0.557. The average molecular weight is 208 g/mol. The lowest BCUT2D eigenvalue weighted by molar-refractivity contribution is 0.412. The summed E-state index contributed by atoms with van der Waals surface area (Å²) < 4.78 is 5.19. The fraction of sp³-hybridized carbons (Fsp3) is 0.500. The molecule has 0 amide bonds. The van der Waals surface area contributed by atoms with E-state index in [9.17, 15) is 0 Å². The number of hydrogen-bond acceptors (Lipinski definition) is 3. The summed E-state index contributed by atoms with van der Waals surface area (Å²) in [5.41, 5.74) is 4.03. The van der Waals surface area contributed by atoms with Crippen LogP contribution in [-0.4, -0.2) is 7.11 Å². The van der Waals surface area contributed by atoms with E-state index < -0.39 is 0 Å². The number of rotatable bonds is 6. The molecular formula is C12H20N2O. The molecule has 0 radical (unpaired) electrons. The molecule has 1 aromatic rings. The van der Waals surface area contributed by atoms with Crippen LogP contribution < -0.4 is 16.0 Å². The summed E-state index contributed by atoms with van der Waals surface area (Å²) in [7, 11) is 1.68. The van der Waals surface area contributed by atoms with Gasteiger partial charge in [0, 0.05) is 6.04 Å². The minimum atomic E-state index is 0.222. The molecule has 1 rings (SSSR count). The zero-order valence-electron chi connectivity index (χ0n) is 9.49. The lowest BCUT2D eigenvalue weighted by atomic mass is 10.0. The third-order valence-corrected chi connectivity index (χ3v) is 2.54. The van der Waals surface area contributed by atoms with Crippen molar-refractivity contribution in [3.8, 4) is 5.75 Å². The Morgan fingerprint density at radius 3 is 2.87 bits per heavy atom. The number of nitrogens with one attached hydrogen (secondary N) is 1. The van der Waals surface area contributed by atoms with E-state index in [1.807, 2.05) is 18.2 Å². The lowest BCUT2D eigenvalue weighted by Gasteiger charge is -2.16. The fourth-order valence-corrected chi connectivity index (χ4v) is 1.61. The van der Waals surface area contributed by atoms with Gasteiger partial charge in [-0.1, -0.05) is 31.9 Å². The third kappa shape index (κ3) is 3.53. The van der Waals surface area contributed by atoms with Crippen molar-refractivity contribution in [3.05, 3.63) is 29.8 Å². The summed E-state index contributed by atoms with van der Waals surface area (Å²) in [5, 5.41) is 0. The Morgan fingerprint density at radius 1 is 1.47 bits per heavy atom. The second-order valence-electron chi connectivity index (χ2n) is 3.64. The minimum absolute atomic E-state index is 0.222. The normalized spacial score (nSPS) is 12.5. The van der Waals surface area contributed by atoms with Gasteiger partial charge in [-0.25, -0.2) is 0 Å². The van der Waals surface area contributed by atoms with Crippen LogP contribution in [0, 0.1) is 0 Å². The van der Waals surface area contributed by atoms with Crippen molar-refractivity contribution in [2.75, 3.05) is 7.11 Å². The third-order valence-electron chi connectivity index (χ3n) is 2.54. The van der Waals surface area contributed by atoms with Crippen LogP contribution in [0.4, 0.5) is 0 Å². The Bertz CT molecular complexity index is 289. The number of methoxy groups -OCH3 is 1. The van der Waals surface area contributed by atoms with Gasteiger partial charge in [0.1, 0.15) is 5.75 Å². The predicted molar refractivity (Wildman–Crippen MR) is 62.6 cm³/mol. The van der Waals surface area contributed by atoms with Crippen molar-refractivity contribution >= 4 is 0 Å². The molecule has 0 heterocycles. The molecule has 1 aromatic carbocycles. The highest BCUT2D eigenvalue weighted by Gasteiger charge is 2.09. The first-order valence-corrected chi connectivity index (χ1v) is 5.42. The van der Waals surface area contributed by atoms with E-state index in [2.05, 4.69) is 18.4 Å². The van der Waals surface area contributed by atoms with E-state index in [1.54, 1.807) is 7.11 Å². The van der Waals surface area contributed by atoms with Crippen molar-refractivity contribution < 1.29 is 4.74 Å². The highest BCUT2D eigenvalue weighted by molar-refractivity contribution is 5.30. The zero-order valence-corrected chi connectivity index (χ0v) is 9.49. The Hall–Kier alpha value is -1.06. The summed E-state index contributed by atoms with van der Waals surface area (Å²) in [6, 6.07) is 8.25. The lowest BCUT2D eigenvalue weighted by Crippen LogP contribution is -2.27. The summed E-state index contributed by atoms with van der Waals surface area (Å²) in [5.74, 6) is 6.43. The number of ether oxygens (including phenoxy) is 1. The van der Waals surface area contributed by atoms with Crippen molar-refractivity contribution in [2.24, 2.45) is 5.84 Å². The van der Waals surface area contributed by atoms with Crippen LogP contribution in [0.1, 0.15) is 37.8 Å². The number of benzene rings is 1. The van der Waals surface area contributed by atoms with Gasteiger partial charge in [-0.2, -0.15) is 0 Å². The first-order chi connectivity index (χ1) is 7.31. The van der Waals surface area contributed by atoms with Crippen molar-refractivity contribution in [3.63, 3.8) is 0 Å². The van der Waals surface area contributed by atoms with Gasteiger partial charge in [-0.05, 0) is 24.1 Å². The summed E-state index contributed by atoms with van der Waals surface area (Å²) >= 11 is 0. The zero-order chi connectivity index (χ0) is 11.1. The average Bonchev–Trinajstić information content (AvgIpc) is 2.30. The maximum atomic E-state index is 5.55. The van der Waals surface area contributed by atoms with E-state index in [1.165, 1.54) is 18.4 Å². The summed E-state index contributed by atoms with van der Waals surface area (Å²) in [6.07, 6.45) is 3.41. The molecule has 3 N–H and O–H groups in total. The second-order valence-corrected chi connectivity index (χ2v) is 3.64. The summed E-state index contributed by atoms with van der Waals surface area (Å²) in [4.78, 5) is 0. The molecule has 1 atom stereocenters. The Kier molecular flexibility index (Phi) is 5.15. The van der Waals surface area contributed by atoms with Crippen LogP contribution in [0.25, 0.3) is 0 Å². The molecule has 0 saturated carbocycles. The molecule has 0 saturated heterocycles. The smallest absolute Gasteiger partial charge is 0.119 e.